The molecule has 1 fully saturated rings. The molecule has 0 saturated carbocycles. The topological polar surface area (TPSA) is 51.0 Å². The van der Waals surface area contributed by atoms with Crippen LogP contribution in [0.15, 0.2) is 4.52 Å². The highest BCUT2D eigenvalue weighted by molar-refractivity contribution is 5.00. The van der Waals surface area contributed by atoms with Gasteiger partial charge in [-0.3, -0.25) is 0 Å². The summed E-state index contributed by atoms with van der Waals surface area (Å²) in [6, 6.07) is 0. The van der Waals surface area contributed by atoms with Gasteiger partial charge in [-0.25, -0.2) is 0 Å². The van der Waals surface area contributed by atoms with E-state index in [-0.39, 0.29) is 0 Å². The van der Waals surface area contributed by atoms with E-state index in [1.165, 1.54) is 6.42 Å². The summed E-state index contributed by atoms with van der Waals surface area (Å²) in [5, 5.41) is 7.13. The van der Waals surface area contributed by atoms with Crippen molar-refractivity contribution in [3.8, 4) is 0 Å². The second-order valence-corrected chi connectivity index (χ2v) is 3.51. The Bertz CT molecular complexity index is 268. The molecule has 0 aliphatic carbocycles. The maximum absolute atomic E-state index is 5.16. The van der Waals surface area contributed by atoms with Gasteiger partial charge in [0.05, 0.1) is 5.92 Å². The lowest BCUT2D eigenvalue weighted by atomic mass is 10.0. The summed E-state index contributed by atoms with van der Waals surface area (Å²) in [6.45, 7) is 4.13. The lowest BCUT2D eigenvalue weighted by molar-refractivity contribution is 0.306. The molecule has 0 radical (unpaired) electrons. The molecular formula is C9H15N3O. The summed E-state index contributed by atoms with van der Waals surface area (Å²) >= 11 is 0. The average molecular weight is 181 g/mol. The molecule has 13 heavy (non-hydrogen) atoms. The molecule has 1 saturated heterocycles. The Kier molecular flexibility index (Phi) is 2.59. The van der Waals surface area contributed by atoms with E-state index in [2.05, 4.69) is 22.4 Å². The van der Waals surface area contributed by atoms with Crippen molar-refractivity contribution in [2.24, 2.45) is 0 Å². The summed E-state index contributed by atoms with van der Waals surface area (Å²) in [6.07, 6.45) is 3.26. The smallest absolute Gasteiger partial charge is 0.232 e. The second-order valence-electron chi connectivity index (χ2n) is 3.51. The zero-order valence-electron chi connectivity index (χ0n) is 7.92. The normalized spacial score (nSPS) is 17.3. The average Bonchev–Trinajstić information content (AvgIpc) is 2.46. The molecule has 0 unspecified atom stereocenters. The fourth-order valence-corrected chi connectivity index (χ4v) is 1.33. The molecule has 1 N–H and O–H groups in total. The first-order chi connectivity index (χ1) is 6.40. The summed E-state index contributed by atoms with van der Waals surface area (Å²) in [5.74, 6) is 2.14. The standard InChI is InChI=1S/C9H15N3O/c1-2-3-4-8-11-9(13-12-8)7-5-10-6-7/h7,10H,2-6H2,1H3. The maximum atomic E-state index is 5.16. The van der Waals surface area contributed by atoms with Gasteiger partial charge in [0.15, 0.2) is 5.82 Å². The Morgan fingerprint density at radius 2 is 2.38 bits per heavy atom. The summed E-state index contributed by atoms with van der Waals surface area (Å²) in [7, 11) is 0. The summed E-state index contributed by atoms with van der Waals surface area (Å²) in [4.78, 5) is 4.35. The van der Waals surface area contributed by atoms with Crippen molar-refractivity contribution in [1.82, 2.24) is 15.5 Å². The van der Waals surface area contributed by atoms with E-state index in [1.54, 1.807) is 0 Å². The molecule has 1 aromatic rings. The molecule has 2 heterocycles. The van der Waals surface area contributed by atoms with Gasteiger partial charge >= 0.3 is 0 Å². The van der Waals surface area contributed by atoms with Crippen LogP contribution < -0.4 is 5.32 Å². The first-order valence-corrected chi connectivity index (χ1v) is 4.93. The molecule has 4 heteroatoms. The fourth-order valence-electron chi connectivity index (χ4n) is 1.33. The van der Waals surface area contributed by atoms with E-state index < -0.39 is 0 Å². The number of aryl methyl sites for hydroxylation is 1. The van der Waals surface area contributed by atoms with Gasteiger partial charge in [0.1, 0.15) is 0 Å². The zero-order chi connectivity index (χ0) is 9.10. The Balaban J connectivity index is 1.92. The van der Waals surface area contributed by atoms with Gasteiger partial charge in [0.25, 0.3) is 0 Å². The molecule has 72 valence electrons. The van der Waals surface area contributed by atoms with Gasteiger partial charge in [0, 0.05) is 19.5 Å². The minimum absolute atomic E-state index is 0.461. The lowest BCUT2D eigenvalue weighted by Crippen LogP contribution is -2.40. The largest absolute Gasteiger partial charge is 0.339 e. The molecule has 0 bridgehead atoms. The number of aromatic nitrogens is 2. The molecule has 0 aromatic carbocycles. The number of nitrogens with one attached hydrogen (secondary N) is 1. The minimum atomic E-state index is 0.461. The fraction of sp³-hybridized carbons (Fsp3) is 0.778. The van der Waals surface area contributed by atoms with Crippen LogP contribution in [0.4, 0.5) is 0 Å². The molecule has 1 aliphatic heterocycles. The van der Waals surface area contributed by atoms with E-state index in [0.29, 0.717) is 5.92 Å². The molecule has 1 aromatic heterocycles. The van der Waals surface area contributed by atoms with Crippen molar-refractivity contribution >= 4 is 0 Å². The van der Waals surface area contributed by atoms with Gasteiger partial charge in [-0.05, 0) is 6.42 Å². The molecule has 2 rings (SSSR count). The van der Waals surface area contributed by atoms with Crippen LogP contribution in [0.3, 0.4) is 0 Å². The van der Waals surface area contributed by atoms with Crippen LogP contribution in [-0.2, 0) is 6.42 Å². The Labute approximate surface area is 77.7 Å². The molecular weight excluding hydrogens is 166 g/mol. The van der Waals surface area contributed by atoms with E-state index in [4.69, 9.17) is 4.52 Å². The number of hydrogen-bond acceptors (Lipinski definition) is 4. The van der Waals surface area contributed by atoms with E-state index in [9.17, 15) is 0 Å². The molecule has 0 amide bonds. The van der Waals surface area contributed by atoms with E-state index in [1.807, 2.05) is 0 Å². The van der Waals surface area contributed by atoms with Gasteiger partial charge < -0.3 is 9.84 Å². The monoisotopic (exact) mass is 181 g/mol. The van der Waals surface area contributed by atoms with Crippen molar-refractivity contribution < 1.29 is 4.52 Å². The van der Waals surface area contributed by atoms with Crippen LogP contribution in [0.25, 0.3) is 0 Å². The molecule has 1 aliphatic rings. The van der Waals surface area contributed by atoms with Gasteiger partial charge in [-0.1, -0.05) is 18.5 Å². The first-order valence-electron chi connectivity index (χ1n) is 4.93. The van der Waals surface area contributed by atoms with Crippen LogP contribution in [0.1, 0.15) is 37.4 Å². The maximum Gasteiger partial charge on any atom is 0.232 e. The third kappa shape index (κ3) is 1.88. The lowest BCUT2D eigenvalue weighted by Gasteiger charge is -2.22. The highest BCUT2D eigenvalue weighted by Crippen LogP contribution is 2.17. The Hall–Kier alpha value is -0.900. The highest BCUT2D eigenvalue weighted by Gasteiger charge is 2.24. The molecule has 0 atom stereocenters. The SMILES string of the molecule is CCCCc1noc(C2CNC2)n1. The quantitative estimate of drug-likeness (QED) is 0.755. The molecule has 0 spiro atoms. The Morgan fingerprint density at radius 1 is 1.54 bits per heavy atom. The minimum Gasteiger partial charge on any atom is -0.339 e. The van der Waals surface area contributed by atoms with Crippen LogP contribution >= 0.6 is 0 Å². The number of hydrogen-bond donors (Lipinski definition) is 1. The molecule has 4 nitrogen and oxygen atoms in total. The number of rotatable bonds is 4. The van der Waals surface area contributed by atoms with E-state index in [0.717, 1.165) is 37.6 Å². The summed E-state index contributed by atoms with van der Waals surface area (Å²) in [5.41, 5.74) is 0. The number of unbranched alkanes of at least 4 members (excludes halogenated alkanes) is 1. The van der Waals surface area contributed by atoms with Gasteiger partial charge in [-0.2, -0.15) is 4.98 Å². The van der Waals surface area contributed by atoms with Crippen LogP contribution in [0.5, 0.6) is 0 Å². The third-order valence-corrected chi connectivity index (χ3v) is 2.37. The van der Waals surface area contributed by atoms with Gasteiger partial charge in [-0.15, -0.1) is 0 Å². The van der Waals surface area contributed by atoms with Crippen molar-refractivity contribution in [2.45, 2.75) is 32.1 Å². The van der Waals surface area contributed by atoms with Crippen molar-refractivity contribution in [1.29, 1.82) is 0 Å². The number of nitrogens with zero attached hydrogens (tertiary/aromatic N) is 2. The van der Waals surface area contributed by atoms with Crippen LogP contribution in [0, 0.1) is 0 Å². The predicted molar refractivity (Wildman–Crippen MR) is 48.5 cm³/mol. The van der Waals surface area contributed by atoms with Gasteiger partial charge in [0.2, 0.25) is 5.89 Å². The highest BCUT2D eigenvalue weighted by atomic mass is 16.5. The Morgan fingerprint density at radius 3 is 3.00 bits per heavy atom. The second kappa shape index (κ2) is 3.87. The third-order valence-electron chi connectivity index (χ3n) is 2.37. The van der Waals surface area contributed by atoms with Crippen molar-refractivity contribution in [2.75, 3.05) is 13.1 Å². The van der Waals surface area contributed by atoms with Crippen molar-refractivity contribution in [3.05, 3.63) is 11.7 Å². The van der Waals surface area contributed by atoms with Crippen LogP contribution in [-0.4, -0.2) is 23.2 Å². The van der Waals surface area contributed by atoms with E-state index >= 15 is 0 Å². The predicted octanol–water partition coefficient (Wildman–Crippen LogP) is 1.10. The zero-order valence-corrected chi connectivity index (χ0v) is 7.92. The first kappa shape index (κ1) is 8.69. The summed E-state index contributed by atoms with van der Waals surface area (Å²) < 4.78 is 5.16. The van der Waals surface area contributed by atoms with Crippen LogP contribution in [0.2, 0.25) is 0 Å². The van der Waals surface area contributed by atoms with Crippen molar-refractivity contribution in [3.63, 3.8) is 0 Å².